The lowest BCUT2D eigenvalue weighted by molar-refractivity contribution is 0.00578. The van der Waals surface area contributed by atoms with E-state index in [1.165, 1.54) is 6.07 Å². The van der Waals surface area contributed by atoms with Crippen LogP contribution in [0.3, 0.4) is 0 Å². The fraction of sp³-hybridized carbons (Fsp3) is 0.222. The van der Waals surface area contributed by atoms with Gasteiger partial charge in [0.25, 0.3) is 0 Å². The first-order valence-electron chi connectivity index (χ1n) is 15.9. The Morgan fingerprint density at radius 2 is 1.17 bits per heavy atom. The van der Waals surface area contributed by atoms with Crippen LogP contribution in [0.2, 0.25) is 5.15 Å². The smallest absolute Gasteiger partial charge is 0.454 e. The highest BCUT2D eigenvalue weighted by atomic mass is 35.5. The van der Waals surface area contributed by atoms with Gasteiger partial charge in [0, 0.05) is 67.2 Å². The molecule has 0 unspecified atom stereocenters. The largest absolute Gasteiger partial charge is 0.498 e. The average Bonchev–Trinajstić information content (AvgIpc) is 3.79. The lowest BCUT2D eigenvalue weighted by Gasteiger charge is -2.32. The number of benzene rings is 2. The molecule has 4 aromatic heterocycles. The molecule has 1 aliphatic rings. The maximum atomic E-state index is 13.8. The molecule has 2 aromatic carbocycles. The molecule has 270 valence electrons. The second-order valence-corrected chi connectivity index (χ2v) is 13.1. The molecule has 1 saturated heterocycles. The lowest BCUT2D eigenvalue weighted by atomic mass is 9.82. The van der Waals surface area contributed by atoms with Crippen molar-refractivity contribution in [3.05, 3.63) is 115 Å². The molecule has 12 nitrogen and oxygen atoms in total. The van der Waals surface area contributed by atoms with Crippen molar-refractivity contribution in [2.45, 2.75) is 38.9 Å². The molecular formula is C36H38BClF2N8O4. The van der Waals surface area contributed by atoms with Gasteiger partial charge in [-0.05, 0) is 76.2 Å². The molecule has 0 spiro atoms. The molecule has 4 N–H and O–H groups in total. The molecule has 52 heavy (non-hydrogen) atoms. The average molecular weight is 731 g/mol. The second-order valence-electron chi connectivity index (χ2n) is 12.7. The van der Waals surface area contributed by atoms with Crippen LogP contribution in [0.1, 0.15) is 27.7 Å². The Labute approximate surface area is 305 Å². The number of rotatable bonds is 6. The number of aromatic nitrogens is 6. The van der Waals surface area contributed by atoms with Crippen LogP contribution in [0.15, 0.2) is 97.8 Å². The second kappa shape index (κ2) is 15.8. The number of nitrogens with zero attached hydrogens (tertiary/aromatic N) is 6. The van der Waals surface area contributed by atoms with Gasteiger partial charge in [-0.1, -0.05) is 11.6 Å². The van der Waals surface area contributed by atoms with Crippen LogP contribution in [-0.2, 0) is 23.4 Å². The van der Waals surface area contributed by atoms with Gasteiger partial charge >= 0.3 is 7.12 Å². The lowest BCUT2D eigenvalue weighted by Crippen LogP contribution is -2.41. The summed E-state index contributed by atoms with van der Waals surface area (Å²) >= 11 is 5.63. The zero-order chi connectivity index (χ0) is 37.6. The third kappa shape index (κ3) is 9.63. The number of hydrogen-bond acceptors (Lipinski definition) is 10. The molecule has 0 atom stereocenters. The molecule has 6 aromatic rings. The summed E-state index contributed by atoms with van der Waals surface area (Å²) in [7, 11) is 3.39. The van der Waals surface area contributed by atoms with Crippen LogP contribution in [0.4, 0.5) is 20.2 Å². The zero-order valence-corrected chi connectivity index (χ0v) is 30.2. The fourth-order valence-corrected chi connectivity index (χ4v) is 4.70. The van der Waals surface area contributed by atoms with Crippen molar-refractivity contribution in [2.75, 3.05) is 11.5 Å². The molecule has 0 aliphatic carbocycles. The Balaban J connectivity index is 0.000000154. The number of halogens is 3. The van der Waals surface area contributed by atoms with Gasteiger partial charge in [-0.15, -0.1) is 0 Å². The van der Waals surface area contributed by atoms with Gasteiger partial charge in [-0.25, -0.2) is 13.8 Å². The summed E-state index contributed by atoms with van der Waals surface area (Å²) in [5, 5.41) is 8.35. The SMILES string of the molecule is Cn1cc(-c2cc(Oc3ccc(N)cc3)c(F)cn2)cn1.Cn1cc(B2OC(C)(C)C(C)(C)O2)cn1.Nc1ccc(Oc2cc(Cl)ncc2F)cc1. The first-order chi connectivity index (χ1) is 24.6. The quantitative estimate of drug-likeness (QED) is 0.105. The summed E-state index contributed by atoms with van der Waals surface area (Å²) in [4.78, 5) is 7.64. The van der Waals surface area contributed by atoms with Crippen LogP contribution >= 0.6 is 11.6 Å². The van der Waals surface area contributed by atoms with Gasteiger partial charge in [0.2, 0.25) is 0 Å². The van der Waals surface area contributed by atoms with E-state index in [1.54, 1.807) is 89.6 Å². The molecule has 16 heteroatoms. The highest BCUT2D eigenvalue weighted by Crippen LogP contribution is 2.36. The molecule has 0 radical (unpaired) electrons. The van der Waals surface area contributed by atoms with Crippen molar-refractivity contribution in [3.8, 4) is 34.3 Å². The van der Waals surface area contributed by atoms with Gasteiger partial charge in [0.1, 0.15) is 16.7 Å². The number of nitrogen functional groups attached to an aromatic ring is 2. The third-order valence-corrected chi connectivity index (χ3v) is 8.28. The molecule has 0 saturated carbocycles. The molecule has 1 fully saturated rings. The van der Waals surface area contributed by atoms with Gasteiger partial charge in [0.05, 0.1) is 35.5 Å². The van der Waals surface area contributed by atoms with Crippen LogP contribution in [0.25, 0.3) is 11.3 Å². The summed E-state index contributed by atoms with van der Waals surface area (Å²) in [6.45, 7) is 8.18. The molecule has 0 amide bonds. The number of ether oxygens (including phenoxy) is 2. The minimum absolute atomic E-state index is 0.0322. The van der Waals surface area contributed by atoms with E-state index in [0.717, 1.165) is 23.4 Å². The van der Waals surface area contributed by atoms with E-state index < -0.39 is 11.6 Å². The van der Waals surface area contributed by atoms with E-state index in [9.17, 15) is 8.78 Å². The highest BCUT2D eigenvalue weighted by molar-refractivity contribution is 6.62. The first kappa shape index (κ1) is 37.7. The van der Waals surface area contributed by atoms with Crippen LogP contribution in [-0.4, -0.2) is 47.8 Å². The maximum Gasteiger partial charge on any atom is 0.498 e. The molecule has 0 bridgehead atoms. The number of aryl methyl sites for hydroxylation is 2. The highest BCUT2D eigenvalue weighted by Gasteiger charge is 2.52. The molecule has 1 aliphatic heterocycles. The van der Waals surface area contributed by atoms with E-state index in [1.807, 2.05) is 40.9 Å². The Bertz CT molecular complexity index is 2090. The van der Waals surface area contributed by atoms with Crippen LogP contribution in [0.5, 0.6) is 23.0 Å². The van der Waals surface area contributed by atoms with Crippen molar-refractivity contribution >= 4 is 35.6 Å². The Hall–Kier alpha value is -5.51. The molecule has 5 heterocycles. The van der Waals surface area contributed by atoms with Crippen LogP contribution < -0.4 is 26.4 Å². The van der Waals surface area contributed by atoms with Crippen molar-refractivity contribution in [2.24, 2.45) is 14.1 Å². The van der Waals surface area contributed by atoms with Gasteiger partial charge in [-0.2, -0.15) is 10.2 Å². The van der Waals surface area contributed by atoms with Gasteiger partial charge in [0.15, 0.2) is 23.1 Å². The first-order valence-corrected chi connectivity index (χ1v) is 16.3. The Kier molecular flexibility index (Phi) is 11.5. The van der Waals surface area contributed by atoms with E-state index in [-0.39, 0.29) is 35.0 Å². The Morgan fingerprint density at radius 1 is 0.692 bits per heavy atom. The number of anilines is 2. The zero-order valence-electron chi connectivity index (χ0n) is 29.4. The Morgan fingerprint density at radius 3 is 1.65 bits per heavy atom. The van der Waals surface area contributed by atoms with E-state index in [0.29, 0.717) is 28.6 Å². The van der Waals surface area contributed by atoms with Crippen molar-refractivity contribution < 1.29 is 27.6 Å². The maximum absolute atomic E-state index is 13.8. The van der Waals surface area contributed by atoms with Gasteiger partial charge < -0.3 is 30.2 Å². The standard InChI is InChI=1S/C15H13FN4O.C11H8ClFN2O.C10H17BN2O2/c1-20-9-10(7-19-20)14-6-15(13(16)8-18-14)21-12-4-2-11(17)3-5-12;12-11-5-10(9(13)6-15-11)16-8-3-1-7(14)2-4-8;1-9(2)10(3,4)15-11(14-9)8-6-12-13(5)7-8/h2-9H,17H2,1H3;1-6H,14H2;6-7H,1-5H3. The topological polar surface area (TPSA) is 150 Å². The monoisotopic (exact) mass is 730 g/mol. The van der Waals surface area contributed by atoms with E-state index in [4.69, 9.17) is 41.9 Å². The number of pyridine rings is 2. The summed E-state index contributed by atoms with van der Waals surface area (Å²) < 4.78 is 53.1. The van der Waals surface area contributed by atoms with Crippen molar-refractivity contribution in [3.63, 3.8) is 0 Å². The fourth-order valence-electron chi connectivity index (χ4n) is 4.55. The minimum Gasteiger partial charge on any atom is -0.454 e. The third-order valence-electron chi connectivity index (χ3n) is 8.07. The summed E-state index contributed by atoms with van der Waals surface area (Å²) in [6, 6.07) is 16.2. The minimum atomic E-state index is -0.568. The van der Waals surface area contributed by atoms with E-state index >= 15 is 0 Å². The van der Waals surface area contributed by atoms with Crippen LogP contribution in [0, 0.1) is 11.6 Å². The predicted octanol–water partition coefficient (Wildman–Crippen LogP) is 6.96. The molecular weight excluding hydrogens is 693 g/mol. The van der Waals surface area contributed by atoms with Crippen molar-refractivity contribution in [1.82, 2.24) is 29.5 Å². The summed E-state index contributed by atoms with van der Waals surface area (Å²) in [6.07, 6.45) is 9.30. The normalized spacial score (nSPS) is 14.1. The summed E-state index contributed by atoms with van der Waals surface area (Å²) in [5.41, 5.74) is 14.1. The van der Waals surface area contributed by atoms with E-state index in [2.05, 4.69) is 20.2 Å². The molecule has 7 rings (SSSR count). The van der Waals surface area contributed by atoms with Crippen molar-refractivity contribution in [1.29, 1.82) is 0 Å². The predicted molar refractivity (Wildman–Crippen MR) is 196 cm³/mol. The number of hydrogen-bond donors (Lipinski definition) is 2. The number of nitrogens with two attached hydrogens (primary N) is 2. The summed E-state index contributed by atoms with van der Waals surface area (Å²) in [5.74, 6) is 0.0286. The van der Waals surface area contributed by atoms with Gasteiger partial charge in [-0.3, -0.25) is 14.3 Å².